The van der Waals surface area contributed by atoms with Crippen LogP contribution in [-0.4, -0.2) is 35.6 Å². The van der Waals surface area contributed by atoms with Gasteiger partial charge >= 0.3 is 0 Å². The van der Waals surface area contributed by atoms with Crippen molar-refractivity contribution in [3.05, 3.63) is 24.0 Å². The van der Waals surface area contributed by atoms with E-state index in [1.807, 2.05) is 13.0 Å². The Hall–Kier alpha value is -1.42. The van der Waals surface area contributed by atoms with Gasteiger partial charge in [-0.25, -0.2) is 0 Å². The first-order chi connectivity index (χ1) is 8.74. The molecule has 0 bridgehead atoms. The van der Waals surface area contributed by atoms with Crippen LogP contribution in [0.15, 0.2) is 18.3 Å². The summed E-state index contributed by atoms with van der Waals surface area (Å²) in [5.41, 5.74) is 1.58. The van der Waals surface area contributed by atoms with Crippen molar-refractivity contribution in [3.8, 4) is 0 Å². The quantitative estimate of drug-likeness (QED) is 0.827. The molecule has 1 aromatic heterocycles. The molecule has 18 heavy (non-hydrogen) atoms. The lowest BCUT2D eigenvalue weighted by molar-refractivity contribution is 0.0983. The van der Waals surface area contributed by atoms with Gasteiger partial charge in [-0.15, -0.1) is 0 Å². The van der Waals surface area contributed by atoms with Crippen molar-refractivity contribution in [1.29, 1.82) is 0 Å². The average Bonchev–Trinajstić information content (AvgIpc) is 2.46. The van der Waals surface area contributed by atoms with Crippen LogP contribution in [0.2, 0.25) is 0 Å². The molecule has 1 aromatic rings. The van der Waals surface area contributed by atoms with Gasteiger partial charge in [0.15, 0.2) is 5.78 Å². The van der Waals surface area contributed by atoms with Crippen LogP contribution < -0.4 is 4.90 Å². The number of hydrogen-bond acceptors (Lipinski definition) is 4. The van der Waals surface area contributed by atoms with Gasteiger partial charge < -0.3 is 10.0 Å². The van der Waals surface area contributed by atoms with E-state index in [1.165, 1.54) is 0 Å². The van der Waals surface area contributed by atoms with Crippen molar-refractivity contribution in [3.63, 3.8) is 0 Å². The summed E-state index contributed by atoms with van der Waals surface area (Å²) in [7, 11) is 0. The van der Waals surface area contributed by atoms with Gasteiger partial charge in [0.2, 0.25) is 0 Å². The zero-order chi connectivity index (χ0) is 13.0. The zero-order valence-corrected chi connectivity index (χ0v) is 10.8. The summed E-state index contributed by atoms with van der Waals surface area (Å²) >= 11 is 0. The van der Waals surface area contributed by atoms with Crippen LogP contribution in [-0.2, 0) is 0 Å². The molecule has 0 spiro atoms. The summed E-state index contributed by atoms with van der Waals surface area (Å²) in [5, 5.41) is 9.22. The van der Waals surface area contributed by atoms with E-state index >= 15 is 0 Å². The topological polar surface area (TPSA) is 53.4 Å². The number of pyridine rings is 1. The molecule has 1 fully saturated rings. The van der Waals surface area contributed by atoms with Crippen LogP contribution in [0.1, 0.15) is 36.7 Å². The third-order valence-electron chi connectivity index (χ3n) is 3.50. The fourth-order valence-corrected chi connectivity index (χ4v) is 2.37. The van der Waals surface area contributed by atoms with Crippen molar-refractivity contribution in [2.24, 2.45) is 5.92 Å². The fraction of sp³-hybridized carbons (Fsp3) is 0.571. The SMILES string of the molecule is CCC(=O)c1ccc(N2CCCC(CO)C2)cn1. The van der Waals surface area contributed by atoms with Gasteiger partial charge in [-0.05, 0) is 30.9 Å². The molecule has 1 atom stereocenters. The molecule has 2 heterocycles. The van der Waals surface area contributed by atoms with E-state index in [-0.39, 0.29) is 12.4 Å². The monoisotopic (exact) mass is 248 g/mol. The Morgan fingerprint density at radius 2 is 2.39 bits per heavy atom. The summed E-state index contributed by atoms with van der Waals surface area (Å²) in [6.07, 6.45) is 4.44. The van der Waals surface area contributed by atoms with Crippen LogP contribution in [0.25, 0.3) is 0 Å². The Morgan fingerprint density at radius 3 is 3.00 bits per heavy atom. The number of aliphatic hydroxyl groups excluding tert-OH is 1. The maximum absolute atomic E-state index is 11.5. The van der Waals surface area contributed by atoms with Crippen molar-refractivity contribution in [2.45, 2.75) is 26.2 Å². The lowest BCUT2D eigenvalue weighted by Crippen LogP contribution is -2.36. The smallest absolute Gasteiger partial charge is 0.180 e. The van der Waals surface area contributed by atoms with Crippen molar-refractivity contribution in [2.75, 3.05) is 24.6 Å². The molecule has 1 saturated heterocycles. The highest BCUT2D eigenvalue weighted by Gasteiger charge is 2.19. The highest BCUT2D eigenvalue weighted by molar-refractivity contribution is 5.94. The minimum atomic E-state index is 0.0772. The van der Waals surface area contributed by atoms with E-state index < -0.39 is 0 Å². The first kappa shape index (κ1) is 13.0. The lowest BCUT2D eigenvalue weighted by atomic mass is 9.99. The first-order valence-corrected chi connectivity index (χ1v) is 6.59. The molecule has 1 aliphatic heterocycles. The van der Waals surface area contributed by atoms with E-state index in [9.17, 15) is 9.90 Å². The van der Waals surface area contributed by atoms with Crippen LogP contribution in [0.5, 0.6) is 0 Å². The van der Waals surface area contributed by atoms with Crippen LogP contribution in [0.3, 0.4) is 0 Å². The van der Waals surface area contributed by atoms with Gasteiger partial charge in [-0.1, -0.05) is 6.92 Å². The second kappa shape index (κ2) is 5.96. The summed E-state index contributed by atoms with van der Waals surface area (Å²) < 4.78 is 0. The number of nitrogens with zero attached hydrogens (tertiary/aromatic N) is 2. The molecule has 98 valence electrons. The summed E-state index contributed by atoms with van der Waals surface area (Å²) in [6, 6.07) is 3.75. The number of ketones is 1. The first-order valence-electron chi connectivity index (χ1n) is 6.59. The number of carbonyl (C=O) groups is 1. The van der Waals surface area contributed by atoms with E-state index in [1.54, 1.807) is 12.3 Å². The number of Topliss-reactive ketones (excluding diaryl/α,β-unsaturated/α-hetero) is 1. The number of piperidine rings is 1. The summed E-state index contributed by atoms with van der Waals surface area (Å²) in [4.78, 5) is 17.9. The minimum absolute atomic E-state index is 0.0772. The largest absolute Gasteiger partial charge is 0.396 e. The van der Waals surface area contributed by atoms with Crippen LogP contribution in [0, 0.1) is 5.92 Å². The molecule has 0 saturated carbocycles. The molecule has 4 nitrogen and oxygen atoms in total. The maximum Gasteiger partial charge on any atom is 0.180 e. The third kappa shape index (κ3) is 2.88. The fourth-order valence-electron chi connectivity index (χ4n) is 2.37. The molecule has 2 rings (SSSR count). The highest BCUT2D eigenvalue weighted by Crippen LogP contribution is 2.22. The molecule has 0 radical (unpaired) electrons. The van der Waals surface area contributed by atoms with Crippen molar-refractivity contribution in [1.82, 2.24) is 4.98 Å². The number of carbonyl (C=O) groups excluding carboxylic acids is 1. The predicted molar refractivity (Wildman–Crippen MR) is 70.9 cm³/mol. The van der Waals surface area contributed by atoms with Crippen molar-refractivity contribution >= 4 is 11.5 Å². The summed E-state index contributed by atoms with van der Waals surface area (Å²) in [5.74, 6) is 0.434. The second-order valence-corrected chi connectivity index (χ2v) is 4.82. The van der Waals surface area contributed by atoms with Gasteiger partial charge in [-0.2, -0.15) is 0 Å². The molecular formula is C14H20N2O2. The Kier molecular flexibility index (Phi) is 4.31. The Bertz CT molecular complexity index is 403. The standard InChI is InChI=1S/C14H20N2O2/c1-2-14(18)13-6-5-12(8-15-13)16-7-3-4-11(9-16)10-17/h5-6,8,11,17H,2-4,7,9-10H2,1H3. The average molecular weight is 248 g/mol. The van der Waals surface area contributed by atoms with Gasteiger partial charge in [0, 0.05) is 26.1 Å². The molecular weight excluding hydrogens is 228 g/mol. The van der Waals surface area contributed by atoms with Gasteiger partial charge in [0.25, 0.3) is 0 Å². The molecule has 0 aliphatic carbocycles. The number of rotatable bonds is 4. The molecule has 1 unspecified atom stereocenters. The Balaban J connectivity index is 2.07. The molecule has 4 heteroatoms. The minimum Gasteiger partial charge on any atom is -0.396 e. The van der Waals surface area contributed by atoms with Crippen LogP contribution in [0.4, 0.5) is 5.69 Å². The lowest BCUT2D eigenvalue weighted by Gasteiger charge is -2.33. The Labute approximate surface area is 108 Å². The molecule has 0 aromatic carbocycles. The molecule has 1 N–H and O–H groups in total. The number of aliphatic hydroxyl groups is 1. The van der Waals surface area contributed by atoms with Crippen molar-refractivity contribution < 1.29 is 9.90 Å². The highest BCUT2D eigenvalue weighted by atomic mass is 16.3. The Morgan fingerprint density at radius 1 is 1.56 bits per heavy atom. The number of hydrogen-bond donors (Lipinski definition) is 1. The predicted octanol–water partition coefficient (Wildman–Crippen LogP) is 1.88. The van der Waals surface area contributed by atoms with E-state index in [0.717, 1.165) is 31.6 Å². The van der Waals surface area contributed by atoms with Gasteiger partial charge in [0.1, 0.15) is 5.69 Å². The van der Waals surface area contributed by atoms with E-state index in [0.29, 0.717) is 18.0 Å². The third-order valence-corrected chi connectivity index (χ3v) is 3.50. The maximum atomic E-state index is 11.5. The number of anilines is 1. The second-order valence-electron chi connectivity index (χ2n) is 4.82. The van der Waals surface area contributed by atoms with E-state index in [2.05, 4.69) is 9.88 Å². The zero-order valence-electron chi connectivity index (χ0n) is 10.8. The normalized spacial score (nSPS) is 19.9. The summed E-state index contributed by atoms with van der Waals surface area (Å²) in [6.45, 7) is 3.96. The van der Waals surface area contributed by atoms with Crippen LogP contribution >= 0.6 is 0 Å². The van der Waals surface area contributed by atoms with Gasteiger partial charge in [0.05, 0.1) is 11.9 Å². The van der Waals surface area contributed by atoms with Gasteiger partial charge in [-0.3, -0.25) is 9.78 Å². The van der Waals surface area contributed by atoms with E-state index in [4.69, 9.17) is 0 Å². The molecule has 1 aliphatic rings. The number of aromatic nitrogens is 1. The molecule has 0 amide bonds.